The molecule has 0 spiro atoms. The number of ether oxygens (including phenoxy) is 2. The highest BCUT2D eigenvalue weighted by atomic mass is 16.6. The molecule has 1 N–H and O–H groups in total. The number of carbonyl (C=O) groups is 1. The normalized spacial score (nSPS) is 11.2. The van der Waals surface area contributed by atoms with Crippen molar-refractivity contribution in [2.45, 2.75) is 39.5 Å². The van der Waals surface area contributed by atoms with Gasteiger partial charge in [-0.2, -0.15) is 0 Å². The number of hydrogen-bond acceptors (Lipinski definition) is 4. The average molecular weight is 441 g/mol. The van der Waals surface area contributed by atoms with Gasteiger partial charge in [-0.05, 0) is 55.0 Å². The van der Waals surface area contributed by atoms with Crippen molar-refractivity contribution in [3.05, 3.63) is 96.2 Å². The van der Waals surface area contributed by atoms with E-state index < -0.39 is 11.7 Å². The van der Waals surface area contributed by atoms with Gasteiger partial charge in [-0.3, -0.25) is 0 Å². The summed E-state index contributed by atoms with van der Waals surface area (Å²) in [6, 6.07) is 28.4. The van der Waals surface area contributed by atoms with E-state index in [0.29, 0.717) is 18.2 Å². The van der Waals surface area contributed by atoms with Crippen LogP contribution in [0.2, 0.25) is 0 Å². The minimum absolute atomic E-state index is 0.243. The molecule has 0 fully saturated rings. The van der Waals surface area contributed by atoms with E-state index in [1.807, 2.05) is 75.4 Å². The molecule has 4 aromatic rings. The highest BCUT2D eigenvalue weighted by Gasteiger charge is 2.16. The third-order valence-electron chi connectivity index (χ3n) is 4.99. The lowest BCUT2D eigenvalue weighted by Gasteiger charge is -2.19. The zero-order valence-corrected chi connectivity index (χ0v) is 19.2. The minimum Gasteiger partial charge on any atom is -0.472 e. The number of benzene rings is 3. The first kappa shape index (κ1) is 22.3. The maximum Gasteiger partial charge on any atom is 0.407 e. The van der Waals surface area contributed by atoms with Gasteiger partial charge in [-0.1, -0.05) is 72.8 Å². The van der Waals surface area contributed by atoms with Gasteiger partial charge < -0.3 is 14.8 Å². The van der Waals surface area contributed by atoms with E-state index in [9.17, 15) is 4.79 Å². The standard InChI is InChI=1S/C28H28N2O3/c1-28(2,3)33-27(31)29-18-24-16-23-15-14-22(21-12-8-5-9-13-21)17-25(23)26(30-24)32-19-20-10-6-4-7-11-20/h4-17H,18-19H2,1-3H3,(H,29,31). The van der Waals surface area contributed by atoms with E-state index in [2.05, 4.69) is 35.6 Å². The number of pyridine rings is 1. The number of nitrogens with zero attached hydrogens (tertiary/aromatic N) is 1. The molecular weight excluding hydrogens is 412 g/mol. The van der Waals surface area contributed by atoms with Gasteiger partial charge in [0.1, 0.15) is 12.2 Å². The monoisotopic (exact) mass is 440 g/mol. The van der Waals surface area contributed by atoms with Crippen LogP contribution in [0.15, 0.2) is 84.9 Å². The van der Waals surface area contributed by atoms with Crippen molar-refractivity contribution < 1.29 is 14.3 Å². The Morgan fingerprint density at radius 1 is 0.879 bits per heavy atom. The minimum atomic E-state index is -0.557. The summed E-state index contributed by atoms with van der Waals surface area (Å²) in [5.74, 6) is 0.537. The summed E-state index contributed by atoms with van der Waals surface area (Å²) in [6.07, 6.45) is -0.476. The van der Waals surface area contributed by atoms with E-state index in [1.54, 1.807) is 0 Å². The van der Waals surface area contributed by atoms with Crippen LogP contribution in [0.5, 0.6) is 5.88 Å². The van der Waals surface area contributed by atoms with Crippen LogP contribution in [0.25, 0.3) is 21.9 Å². The predicted octanol–water partition coefficient (Wildman–Crippen LogP) is 6.51. The quantitative estimate of drug-likeness (QED) is 0.371. The van der Waals surface area contributed by atoms with Crippen LogP contribution in [-0.2, 0) is 17.9 Å². The molecule has 1 amide bonds. The first-order valence-electron chi connectivity index (χ1n) is 11.0. The highest BCUT2D eigenvalue weighted by Crippen LogP contribution is 2.30. The van der Waals surface area contributed by atoms with E-state index in [4.69, 9.17) is 14.5 Å². The molecule has 5 nitrogen and oxygen atoms in total. The van der Waals surface area contributed by atoms with Crippen LogP contribution in [0.1, 0.15) is 32.0 Å². The molecule has 0 aliphatic heterocycles. The summed E-state index contributed by atoms with van der Waals surface area (Å²) < 4.78 is 11.5. The van der Waals surface area contributed by atoms with Crippen molar-refractivity contribution in [2.75, 3.05) is 0 Å². The fraction of sp³-hybridized carbons (Fsp3) is 0.214. The molecule has 0 radical (unpaired) electrons. The summed E-state index contributed by atoms with van der Waals surface area (Å²) >= 11 is 0. The third kappa shape index (κ3) is 6.10. The molecule has 0 bridgehead atoms. The van der Waals surface area contributed by atoms with Crippen LogP contribution >= 0.6 is 0 Å². The Kier molecular flexibility index (Phi) is 6.59. The van der Waals surface area contributed by atoms with Gasteiger partial charge in [0.05, 0.1) is 12.2 Å². The van der Waals surface area contributed by atoms with Crippen LogP contribution in [0.3, 0.4) is 0 Å². The second kappa shape index (κ2) is 9.74. The zero-order chi connectivity index (χ0) is 23.3. The van der Waals surface area contributed by atoms with E-state index in [-0.39, 0.29) is 6.54 Å². The molecular formula is C28H28N2O3. The van der Waals surface area contributed by atoms with Crippen molar-refractivity contribution in [3.8, 4) is 17.0 Å². The summed E-state index contributed by atoms with van der Waals surface area (Å²) in [7, 11) is 0. The van der Waals surface area contributed by atoms with Gasteiger partial charge in [0.2, 0.25) is 5.88 Å². The highest BCUT2D eigenvalue weighted by molar-refractivity contribution is 5.91. The Labute approximate surface area is 194 Å². The average Bonchev–Trinajstić information content (AvgIpc) is 2.81. The molecule has 4 rings (SSSR count). The Morgan fingerprint density at radius 3 is 2.27 bits per heavy atom. The molecule has 0 saturated carbocycles. The molecule has 0 aliphatic rings. The van der Waals surface area contributed by atoms with E-state index >= 15 is 0 Å². The largest absolute Gasteiger partial charge is 0.472 e. The zero-order valence-electron chi connectivity index (χ0n) is 19.2. The van der Waals surface area contributed by atoms with Gasteiger partial charge >= 0.3 is 6.09 Å². The van der Waals surface area contributed by atoms with E-state index in [1.165, 1.54) is 0 Å². The molecule has 0 saturated heterocycles. The molecule has 5 heteroatoms. The molecule has 0 aliphatic carbocycles. The molecule has 1 aromatic heterocycles. The lowest BCUT2D eigenvalue weighted by Crippen LogP contribution is -2.32. The second-order valence-electron chi connectivity index (χ2n) is 8.85. The number of carbonyl (C=O) groups excluding carboxylic acids is 1. The molecule has 0 unspecified atom stereocenters. The smallest absolute Gasteiger partial charge is 0.407 e. The fourth-order valence-corrected chi connectivity index (χ4v) is 3.48. The molecule has 3 aromatic carbocycles. The number of rotatable bonds is 6. The summed E-state index contributed by atoms with van der Waals surface area (Å²) in [5.41, 5.74) is 3.42. The maximum absolute atomic E-state index is 12.1. The SMILES string of the molecule is CC(C)(C)OC(=O)NCc1cc2ccc(-c3ccccc3)cc2c(OCc2ccccc2)n1. The number of aromatic nitrogens is 1. The Balaban J connectivity index is 1.64. The van der Waals surface area contributed by atoms with E-state index in [0.717, 1.165) is 27.5 Å². The second-order valence-corrected chi connectivity index (χ2v) is 8.85. The summed E-state index contributed by atoms with van der Waals surface area (Å²) in [5, 5.41) is 4.70. The number of hydrogen-bond donors (Lipinski definition) is 1. The number of nitrogens with one attached hydrogen (secondary N) is 1. The molecule has 0 atom stereocenters. The van der Waals surface area contributed by atoms with Crippen LogP contribution in [-0.4, -0.2) is 16.7 Å². The predicted molar refractivity (Wildman–Crippen MR) is 131 cm³/mol. The Bertz CT molecular complexity index is 1230. The third-order valence-corrected chi connectivity index (χ3v) is 4.99. The van der Waals surface area contributed by atoms with Gasteiger partial charge in [0.15, 0.2) is 0 Å². The fourth-order valence-electron chi connectivity index (χ4n) is 3.48. The van der Waals surface area contributed by atoms with Crippen molar-refractivity contribution in [2.24, 2.45) is 0 Å². The summed E-state index contributed by atoms with van der Waals surface area (Å²) in [6.45, 7) is 6.15. The summed E-state index contributed by atoms with van der Waals surface area (Å²) in [4.78, 5) is 16.8. The Morgan fingerprint density at radius 2 is 1.58 bits per heavy atom. The van der Waals surface area contributed by atoms with Crippen molar-refractivity contribution in [3.63, 3.8) is 0 Å². The molecule has 33 heavy (non-hydrogen) atoms. The molecule has 168 valence electrons. The van der Waals surface area contributed by atoms with Crippen LogP contribution < -0.4 is 10.1 Å². The number of fused-ring (bicyclic) bond motifs is 1. The number of amides is 1. The van der Waals surface area contributed by atoms with Crippen molar-refractivity contribution >= 4 is 16.9 Å². The first-order chi connectivity index (χ1) is 15.9. The maximum atomic E-state index is 12.1. The van der Waals surface area contributed by atoms with Crippen LogP contribution in [0.4, 0.5) is 4.79 Å². The lowest BCUT2D eigenvalue weighted by molar-refractivity contribution is 0.0522. The van der Waals surface area contributed by atoms with Crippen molar-refractivity contribution in [1.29, 1.82) is 0 Å². The van der Waals surface area contributed by atoms with Gasteiger partial charge in [0.25, 0.3) is 0 Å². The lowest BCUT2D eigenvalue weighted by atomic mass is 10.0. The van der Waals surface area contributed by atoms with Crippen molar-refractivity contribution in [1.82, 2.24) is 10.3 Å². The Hall–Kier alpha value is -3.86. The molecule has 1 heterocycles. The van der Waals surface area contributed by atoms with Gasteiger partial charge in [0, 0.05) is 5.39 Å². The van der Waals surface area contributed by atoms with Gasteiger partial charge in [-0.15, -0.1) is 0 Å². The van der Waals surface area contributed by atoms with Gasteiger partial charge in [-0.25, -0.2) is 9.78 Å². The number of alkyl carbamates (subject to hydrolysis) is 1. The van der Waals surface area contributed by atoms with Crippen LogP contribution in [0, 0.1) is 0 Å². The topological polar surface area (TPSA) is 60.5 Å². The first-order valence-corrected chi connectivity index (χ1v) is 11.0.